The van der Waals surface area contributed by atoms with E-state index in [1.165, 1.54) is 19.3 Å². The zero-order chi connectivity index (χ0) is 20.9. The van der Waals surface area contributed by atoms with Crippen LogP contribution in [-0.4, -0.2) is 57.1 Å². The Morgan fingerprint density at radius 3 is 2.46 bits per heavy atom. The van der Waals surface area contributed by atoms with E-state index in [4.69, 9.17) is 14.6 Å². The van der Waals surface area contributed by atoms with E-state index in [0.29, 0.717) is 5.75 Å². The van der Waals surface area contributed by atoms with Gasteiger partial charge in [-0.2, -0.15) is 0 Å². The molecule has 1 aromatic rings. The smallest absolute Gasteiger partial charge is 0.335 e. The lowest BCUT2D eigenvalue weighted by atomic mass is 9.80. The third kappa shape index (κ3) is 5.44. The average molecular weight is 396 g/mol. The predicted molar refractivity (Wildman–Crippen MR) is 103 cm³/mol. The van der Waals surface area contributed by atoms with E-state index in [1.54, 1.807) is 6.07 Å². The number of rotatable bonds is 9. The fourth-order valence-electron chi connectivity index (χ4n) is 3.41. The first-order valence-corrected chi connectivity index (χ1v) is 9.87. The van der Waals surface area contributed by atoms with Crippen molar-refractivity contribution in [3.63, 3.8) is 0 Å². The molecule has 2 rings (SSSR count). The topological polar surface area (TPSA) is 116 Å². The Morgan fingerprint density at radius 1 is 1.11 bits per heavy atom. The number of hydrogen-bond donors (Lipinski definition) is 4. The van der Waals surface area contributed by atoms with Gasteiger partial charge < -0.3 is 29.9 Å². The minimum atomic E-state index is -1.74. The molecule has 1 aromatic carbocycles. The number of aliphatic carboxylic acids is 1. The molecule has 0 amide bonds. The highest BCUT2D eigenvalue weighted by atomic mass is 16.7. The van der Waals surface area contributed by atoms with E-state index in [2.05, 4.69) is 20.8 Å². The molecule has 1 saturated heterocycles. The molecule has 28 heavy (non-hydrogen) atoms. The van der Waals surface area contributed by atoms with Crippen LogP contribution in [0.25, 0.3) is 0 Å². The van der Waals surface area contributed by atoms with Crippen molar-refractivity contribution in [2.24, 2.45) is 0 Å². The van der Waals surface area contributed by atoms with Gasteiger partial charge in [0.25, 0.3) is 0 Å². The van der Waals surface area contributed by atoms with Gasteiger partial charge in [-0.15, -0.1) is 0 Å². The number of hydrogen-bond acceptors (Lipinski definition) is 6. The second-order valence-electron chi connectivity index (χ2n) is 8.08. The second kappa shape index (κ2) is 9.69. The van der Waals surface area contributed by atoms with Crippen LogP contribution in [-0.2, 0) is 14.9 Å². The minimum absolute atomic E-state index is 0.0710. The van der Waals surface area contributed by atoms with Crippen molar-refractivity contribution in [3.8, 4) is 5.75 Å². The number of aliphatic hydroxyl groups excluding tert-OH is 3. The molecule has 1 heterocycles. The molecule has 1 fully saturated rings. The highest BCUT2D eigenvalue weighted by Gasteiger charge is 2.48. The monoisotopic (exact) mass is 396 g/mol. The van der Waals surface area contributed by atoms with Crippen molar-refractivity contribution in [1.82, 2.24) is 0 Å². The normalized spacial score (nSPS) is 28.1. The largest absolute Gasteiger partial charge is 0.479 e. The number of ether oxygens (including phenoxy) is 2. The van der Waals surface area contributed by atoms with Gasteiger partial charge in [0.2, 0.25) is 6.29 Å². The van der Waals surface area contributed by atoms with Crippen molar-refractivity contribution in [3.05, 3.63) is 29.8 Å². The van der Waals surface area contributed by atoms with Crippen LogP contribution in [0.2, 0.25) is 0 Å². The Bertz CT molecular complexity index is 645. The standard InChI is InChI=1S/C21H32O7/c1-4-5-6-7-11-21(2,3)13-9-8-10-14(12-13)27-20-17(24)15(22)16(23)18(28-20)19(25)26/h8-10,12,15-18,20,22-24H,4-7,11H2,1-3H3,(H,25,26)/t15-,16-,17+,18-,20+/m0/s1. The van der Waals surface area contributed by atoms with Crippen LogP contribution in [0.3, 0.4) is 0 Å². The van der Waals surface area contributed by atoms with Crippen LogP contribution in [0.1, 0.15) is 58.4 Å². The molecule has 0 radical (unpaired) electrons. The summed E-state index contributed by atoms with van der Waals surface area (Å²) in [6.07, 6.45) is -2.33. The molecule has 5 atom stereocenters. The van der Waals surface area contributed by atoms with Gasteiger partial charge in [-0.3, -0.25) is 0 Å². The first-order valence-electron chi connectivity index (χ1n) is 9.87. The Hall–Kier alpha value is -1.67. The molecule has 0 aliphatic carbocycles. The second-order valence-corrected chi connectivity index (χ2v) is 8.08. The molecule has 1 aliphatic rings. The summed E-state index contributed by atoms with van der Waals surface area (Å²) in [7, 11) is 0. The van der Waals surface area contributed by atoms with Gasteiger partial charge in [-0.25, -0.2) is 4.79 Å². The van der Waals surface area contributed by atoms with E-state index >= 15 is 0 Å². The van der Waals surface area contributed by atoms with Gasteiger partial charge in [-0.1, -0.05) is 58.6 Å². The third-order valence-corrected chi connectivity index (χ3v) is 5.34. The van der Waals surface area contributed by atoms with Crippen molar-refractivity contribution in [1.29, 1.82) is 0 Å². The number of benzene rings is 1. The van der Waals surface area contributed by atoms with Crippen LogP contribution >= 0.6 is 0 Å². The highest BCUT2D eigenvalue weighted by molar-refractivity contribution is 5.73. The summed E-state index contributed by atoms with van der Waals surface area (Å²) in [5.74, 6) is -1.04. The summed E-state index contributed by atoms with van der Waals surface area (Å²) in [4.78, 5) is 11.2. The number of carboxylic acid groups (broad SMARTS) is 1. The van der Waals surface area contributed by atoms with Crippen LogP contribution < -0.4 is 4.74 Å². The van der Waals surface area contributed by atoms with E-state index in [0.717, 1.165) is 18.4 Å². The number of unbranched alkanes of at least 4 members (excludes halogenated alkanes) is 3. The van der Waals surface area contributed by atoms with Crippen molar-refractivity contribution in [2.75, 3.05) is 0 Å². The predicted octanol–water partition coefficient (Wildman–Crippen LogP) is 2.21. The summed E-state index contributed by atoms with van der Waals surface area (Å²) in [6, 6.07) is 7.35. The van der Waals surface area contributed by atoms with Gasteiger partial charge in [0.05, 0.1) is 0 Å². The number of aliphatic hydroxyl groups is 3. The summed E-state index contributed by atoms with van der Waals surface area (Å²) >= 11 is 0. The van der Waals surface area contributed by atoms with Crippen LogP contribution in [0.4, 0.5) is 0 Å². The molecule has 0 aromatic heterocycles. The number of carbonyl (C=O) groups is 1. The van der Waals surface area contributed by atoms with Gasteiger partial charge in [0, 0.05) is 0 Å². The van der Waals surface area contributed by atoms with Gasteiger partial charge in [0.1, 0.15) is 24.1 Å². The van der Waals surface area contributed by atoms with E-state index in [-0.39, 0.29) is 5.41 Å². The maximum atomic E-state index is 11.2. The first-order chi connectivity index (χ1) is 13.2. The average Bonchev–Trinajstić information content (AvgIpc) is 2.65. The molecule has 1 aliphatic heterocycles. The first kappa shape index (κ1) is 22.6. The molecule has 7 nitrogen and oxygen atoms in total. The van der Waals surface area contributed by atoms with Crippen LogP contribution in [0.15, 0.2) is 24.3 Å². The maximum absolute atomic E-state index is 11.2. The zero-order valence-electron chi connectivity index (χ0n) is 16.7. The fraction of sp³-hybridized carbons (Fsp3) is 0.667. The summed E-state index contributed by atoms with van der Waals surface area (Å²) < 4.78 is 10.8. The Kier molecular flexibility index (Phi) is 7.83. The molecule has 4 N–H and O–H groups in total. The van der Waals surface area contributed by atoms with Gasteiger partial charge in [0.15, 0.2) is 6.10 Å². The van der Waals surface area contributed by atoms with Crippen molar-refractivity contribution >= 4 is 5.97 Å². The summed E-state index contributed by atoms with van der Waals surface area (Å²) in [5.41, 5.74) is 0.987. The van der Waals surface area contributed by atoms with Gasteiger partial charge in [-0.05, 0) is 29.5 Å². The molecule has 7 heteroatoms. The summed E-state index contributed by atoms with van der Waals surface area (Å²) in [6.45, 7) is 6.49. The molecular formula is C21H32O7. The van der Waals surface area contributed by atoms with Crippen molar-refractivity contribution < 1.29 is 34.7 Å². The summed E-state index contributed by atoms with van der Waals surface area (Å²) in [5, 5.41) is 38.9. The lowest BCUT2D eigenvalue weighted by Crippen LogP contribution is -2.61. The Morgan fingerprint density at radius 2 is 1.82 bits per heavy atom. The molecule has 0 spiro atoms. The quantitative estimate of drug-likeness (QED) is 0.473. The number of carboxylic acids is 1. The molecular weight excluding hydrogens is 364 g/mol. The van der Waals surface area contributed by atoms with E-state index in [9.17, 15) is 20.1 Å². The molecule has 158 valence electrons. The molecule has 0 unspecified atom stereocenters. The maximum Gasteiger partial charge on any atom is 0.335 e. The lowest BCUT2D eigenvalue weighted by Gasteiger charge is -2.38. The Balaban J connectivity index is 2.10. The van der Waals surface area contributed by atoms with Gasteiger partial charge >= 0.3 is 5.97 Å². The lowest BCUT2D eigenvalue weighted by molar-refractivity contribution is -0.271. The molecule has 0 bridgehead atoms. The highest BCUT2D eigenvalue weighted by Crippen LogP contribution is 2.32. The Labute approximate surface area is 165 Å². The SMILES string of the molecule is CCCCCCC(C)(C)c1cccc(O[C@@H]2O[C@H](C(=O)O)[C@@H](O)[C@H](O)[C@H]2O)c1. The van der Waals surface area contributed by atoms with Crippen LogP contribution in [0, 0.1) is 0 Å². The van der Waals surface area contributed by atoms with Crippen molar-refractivity contribution in [2.45, 2.75) is 89.0 Å². The third-order valence-electron chi connectivity index (χ3n) is 5.34. The fourth-order valence-corrected chi connectivity index (χ4v) is 3.41. The van der Waals surface area contributed by atoms with Crippen LogP contribution in [0.5, 0.6) is 5.75 Å². The minimum Gasteiger partial charge on any atom is -0.479 e. The molecule has 0 saturated carbocycles. The van der Waals surface area contributed by atoms with E-state index < -0.39 is 36.7 Å². The zero-order valence-corrected chi connectivity index (χ0v) is 16.7. The van der Waals surface area contributed by atoms with E-state index in [1.807, 2.05) is 18.2 Å².